The van der Waals surface area contributed by atoms with Crippen LogP contribution in [-0.4, -0.2) is 6.29 Å². The van der Waals surface area contributed by atoms with Gasteiger partial charge in [-0.1, -0.05) is 19.1 Å². The molecule has 0 fully saturated rings. The number of benzene rings is 1. The van der Waals surface area contributed by atoms with Crippen molar-refractivity contribution in [3.63, 3.8) is 0 Å². The second-order valence-corrected chi connectivity index (χ2v) is 2.95. The second kappa shape index (κ2) is 3.48. The summed E-state index contributed by atoms with van der Waals surface area (Å²) in [5, 5.41) is 0. The summed E-state index contributed by atoms with van der Waals surface area (Å²) in [6.07, 6.45) is 0.744. The van der Waals surface area contributed by atoms with Gasteiger partial charge in [-0.05, 0) is 24.1 Å². The number of aldehydes is 1. The van der Waals surface area contributed by atoms with E-state index < -0.39 is 0 Å². The van der Waals surface area contributed by atoms with Gasteiger partial charge in [-0.2, -0.15) is 0 Å². The molecule has 1 aromatic rings. The van der Waals surface area contributed by atoms with E-state index in [0.717, 1.165) is 11.8 Å². The average molecular weight is 166 g/mol. The van der Waals surface area contributed by atoms with Gasteiger partial charge < -0.3 is 4.79 Å². The summed E-state index contributed by atoms with van der Waals surface area (Å²) >= 11 is 0. The predicted octanol–water partition coefficient (Wildman–Crippen LogP) is 2.44. The van der Waals surface area contributed by atoms with Gasteiger partial charge in [-0.15, -0.1) is 0 Å². The molecule has 1 aromatic carbocycles. The Morgan fingerprint density at radius 1 is 1.50 bits per heavy atom. The van der Waals surface area contributed by atoms with Gasteiger partial charge in [0, 0.05) is 5.92 Å². The topological polar surface area (TPSA) is 17.1 Å². The van der Waals surface area contributed by atoms with Crippen molar-refractivity contribution in [3.05, 3.63) is 35.1 Å². The number of carbonyl (C=O) groups is 1. The van der Waals surface area contributed by atoms with Crippen molar-refractivity contribution in [1.82, 2.24) is 0 Å². The number of halogens is 1. The Bertz CT molecular complexity index is 294. The maximum absolute atomic E-state index is 13.1. The maximum Gasteiger partial charge on any atom is 0.127 e. The Kier molecular flexibility index (Phi) is 2.58. The largest absolute Gasteiger partial charge is 0.303 e. The van der Waals surface area contributed by atoms with Gasteiger partial charge in [-0.25, -0.2) is 4.39 Å². The molecule has 0 amide bonds. The highest BCUT2D eigenvalue weighted by Crippen LogP contribution is 2.17. The maximum atomic E-state index is 13.1. The SMILES string of the molecule is Cc1ccc(C(C)C=O)c(F)c1. The molecule has 0 bridgehead atoms. The van der Waals surface area contributed by atoms with Gasteiger partial charge in [0.2, 0.25) is 0 Å². The van der Waals surface area contributed by atoms with E-state index >= 15 is 0 Å². The first-order chi connectivity index (χ1) is 5.65. The van der Waals surface area contributed by atoms with Gasteiger partial charge in [0.25, 0.3) is 0 Å². The molecular formula is C10H11FO. The highest BCUT2D eigenvalue weighted by atomic mass is 19.1. The third-order valence-electron chi connectivity index (χ3n) is 1.85. The monoisotopic (exact) mass is 166 g/mol. The molecule has 0 aliphatic heterocycles. The van der Waals surface area contributed by atoms with Crippen molar-refractivity contribution in [2.75, 3.05) is 0 Å². The third-order valence-corrected chi connectivity index (χ3v) is 1.85. The Labute approximate surface area is 71.2 Å². The summed E-state index contributed by atoms with van der Waals surface area (Å²) in [5.41, 5.74) is 1.34. The Morgan fingerprint density at radius 2 is 2.17 bits per heavy atom. The fourth-order valence-corrected chi connectivity index (χ4v) is 1.07. The number of hydrogen-bond donors (Lipinski definition) is 0. The van der Waals surface area contributed by atoms with Gasteiger partial charge in [0.1, 0.15) is 12.1 Å². The molecule has 12 heavy (non-hydrogen) atoms. The average Bonchev–Trinajstić information content (AvgIpc) is 2.03. The molecule has 1 rings (SSSR count). The zero-order chi connectivity index (χ0) is 9.14. The van der Waals surface area contributed by atoms with Crippen molar-refractivity contribution in [2.24, 2.45) is 0 Å². The molecule has 0 N–H and O–H groups in total. The molecule has 0 aromatic heterocycles. The molecule has 0 saturated heterocycles. The minimum absolute atomic E-state index is 0.297. The fraction of sp³-hybridized carbons (Fsp3) is 0.300. The molecule has 1 atom stereocenters. The minimum atomic E-state index is -0.356. The summed E-state index contributed by atoms with van der Waals surface area (Å²) in [6, 6.07) is 4.90. The zero-order valence-corrected chi connectivity index (χ0v) is 7.17. The summed E-state index contributed by atoms with van der Waals surface area (Å²) < 4.78 is 13.1. The molecule has 0 aliphatic carbocycles. The van der Waals surface area contributed by atoms with Crippen LogP contribution in [0.1, 0.15) is 24.0 Å². The van der Waals surface area contributed by atoms with Crippen LogP contribution < -0.4 is 0 Å². The molecule has 0 aliphatic rings. The van der Waals surface area contributed by atoms with Crippen LogP contribution in [0.5, 0.6) is 0 Å². The number of hydrogen-bond acceptors (Lipinski definition) is 1. The Morgan fingerprint density at radius 3 is 2.67 bits per heavy atom. The first-order valence-corrected chi connectivity index (χ1v) is 3.86. The van der Waals surface area contributed by atoms with E-state index in [4.69, 9.17) is 0 Å². The zero-order valence-electron chi connectivity index (χ0n) is 7.17. The smallest absolute Gasteiger partial charge is 0.127 e. The van der Waals surface area contributed by atoms with Crippen molar-refractivity contribution in [2.45, 2.75) is 19.8 Å². The first kappa shape index (κ1) is 8.91. The molecule has 0 spiro atoms. The summed E-state index contributed by atoms with van der Waals surface area (Å²) in [7, 11) is 0. The lowest BCUT2D eigenvalue weighted by molar-refractivity contribution is -0.108. The van der Waals surface area contributed by atoms with E-state index in [1.807, 2.05) is 6.92 Å². The van der Waals surface area contributed by atoms with Gasteiger partial charge >= 0.3 is 0 Å². The number of rotatable bonds is 2. The van der Waals surface area contributed by atoms with Crippen molar-refractivity contribution in [3.8, 4) is 0 Å². The van der Waals surface area contributed by atoms with Crippen molar-refractivity contribution >= 4 is 6.29 Å². The predicted molar refractivity (Wildman–Crippen MR) is 45.6 cm³/mol. The molecule has 0 saturated carbocycles. The quantitative estimate of drug-likeness (QED) is 0.617. The number of carbonyl (C=O) groups excluding carboxylic acids is 1. The van der Waals surface area contributed by atoms with Gasteiger partial charge in [0.05, 0.1) is 0 Å². The standard InChI is InChI=1S/C10H11FO/c1-7-3-4-9(8(2)6-12)10(11)5-7/h3-6,8H,1-2H3. The summed E-state index contributed by atoms with van der Waals surface area (Å²) in [4.78, 5) is 10.4. The minimum Gasteiger partial charge on any atom is -0.303 e. The molecule has 0 heterocycles. The van der Waals surface area contributed by atoms with E-state index in [1.54, 1.807) is 19.1 Å². The summed E-state index contributed by atoms with van der Waals surface area (Å²) in [6.45, 7) is 3.50. The molecule has 0 radical (unpaired) electrons. The number of aryl methyl sites for hydroxylation is 1. The highest BCUT2D eigenvalue weighted by Gasteiger charge is 2.08. The lowest BCUT2D eigenvalue weighted by Gasteiger charge is -2.05. The second-order valence-electron chi connectivity index (χ2n) is 2.95. The van der Waals surface area contributed by atoms with Crippen LogP contribution in [0.25, 0.3) is 0 Å². The third kappa shape index (κ3) is 1.70. The lowest BCUT2D eigenvalue weighted by Crippen LogP contribution is -1.98. The van der Waals surface area contributed by atoms with Crippen LogP contribution in [-0.2, 0) is 4.79 Å². The van der Waals surface area contributed by atoms with E-state index in [2.05, 4.69) is 0 Å². The van der Waals surface area contributed by atoms with Crippen LogP contribution >= 0.6 is 0 Å². The highest BCUT2D eigenvalue weighted by molar-refractivity contribution is 5.61. The van der Waals surface area contributed by atoms with E-state index in [-0.39, 0.29) is 11.7 Å². The van der Waals surface area contributed by atoms with Gasteiger partial charge in [-0.3, -0.25) is 0 Å². The van der Waals surface area contributed by atoms with Crippen LogP contribution in [0.4, 0.5) is 4.39 Å². The molecule has 2 heteroatoms. The van der Waals surface area contributed by atoms with Gasteiger partial charge in [0.15, 0.2) is 0 Å². The lowest BCUT2D eigenvalue weighted by atomic mass is 10.0. The van der Waals surface area contributed by atoms with E-state index in [1.165, 1.54) is 6.07 Å². The normalized spacial score (nSPS) is 12.6. The van der Waals surface area contributed by atoms with Crippen molar-refractivity contribution in [1.29, 1.82) is 0 Å². The van der Waals surface area contributed by atoms with Crippen LogP contribution in [0.15, 0.2) is 18.2 Å². The van der Waals surface area contributed by atoms with E-state index in [9.17, 15) is 9.18 Å². The molecule has 1 nitrogen and oxygen atoms in total. The fourth-order valence-electron chi connectivity index (χ4n) is 1.07. The van der Waals surface area contributed by atoms with Crippen LogP contribution in [0, 0.1) is 12.7 Å². The first-order valence-electron chi connectivity index (χ1n) is 3.86. The Hall–Kier alpha value is -1.18. The van der Waals surface area contributed by atoms with Crippen LogP contribution in [0.2, 0.25) is 0 Å². The summed E-state index contributed by atoms with van der Waals surface area (Å²) in [5.74, 6) is -0.653. The molecule has 64 valence electrons. The Balaban J connectivity index is 3.09. The molecular weight excluding hydrogens is 155 g/mol. The van der Waals surface area contributed by atoms with E-state index in [0.29, 0.717) is 5.56 Å². The van der Waals surface area contributed by atoms with Crippen molar-refractivity contribution < 1.29 is 9.18 Å². The van der Waals surface area contributed by atoms with Crippen LogP contribution in [0.3, 0.4) is 0 Å². The molecule has 1 unspecified atom stereocenters.